The maximum absolute atomic E-state index is 14.3. The first-order chi connectivity index (χ1) is 15.6. The van der Waals surface area contributed by atoms with Gasteiger partial charge in [0, 0.05) is 18.8 Å². The Morgan fingerprint density at radius 2 is 1.88 bits per heavy atom. The summed E-state index contributed by atoms with van der Waals surface area (Å²) in [5, 5.41) is 17.6. The van der Waals surface area contributed by atoms with E-state index in [4.69, 9.17) is 0 Å². The van der Waals surface area contributed by atoms with Gasteiger partial charge in [-0.15, -0.1) is 0 Å². The van der Waals surface area contributed by atoms with Crippen LogP contribution < -0.4 is 15.5 Å². The van der Waals surface area contributed by atoms with E-state index in [2.05, 4.69) is 15.7 Å². The minimum Gasteiger partial charge on any atom is -0.389 e. The summed E-state index contributed by atoms with van der Waals surface area (Å²) in [5.74, 6) is -1.26. The third-order valence-electron chi connectivity index (χ3n) is 4.96. The van der Waals surface area contributed by atoms with E-state index in [0.29, 0.717) is 13.1 Å². The van der Waals surface area contributed by atoms with Crippen molar-refractivity contribution >= 4 is 17.4 Å². The Labute approximate surface area is 184 Å². The predicted octanol–water partition coefficient (Wildman–Crippen LogP) is 3.67. The quantitative estimate of drug-likeness (QED) is 0.500. The Bertz CT molecular complexity index is 1170. The molecule has 0 aliphatic carbocycles. The van der Waals surface area contributed by atoms with Crippen LogP contribution >= 0.6 is 0 Å². The van der Waals surface area contributed by atoms with Crippen molar-refractivity contribution in [2.45, 2.75) is 18.8 Å². The summed E-state index contributed by atoms with van der Waals surface area (Å²) in [6.45, 7) is 0.254. The maximum Gasteiger partial charge on any atom is 0.435 e. The highest BCUT2D eigenvalue weighted by atomic mass is 19.4. The second kappa shape index (κ2) is 8.70. The lowest BCUT2D eigenvalue weighted by Crippen LogP contribution is -2.51. The minimum absolute atomic E-state index is 0.0408. The van der Waals surface area contributed by atoms with Crippen LogP contribution in [-0.2, 0) is 12.7 Å². The Hall–Kier alpha value is -3.67. The molecule has 1 aromatic heterocycles. The number of rotatable bonds is 5. The zero-order chi connectivity index (χ0) is 23.8. The number of β-amino-alcohol motifs (C(OH)–C–C–N with tert-alkyl or cyclic N) is 1. The highest BCUT2D eigenvalue weighted by molar-refractivity contribution is 5.89. The Kier molecular flexibility index (Phi) is 5.93. The molecule has 2 aromatic carbocycles. The fraction of sp³-hybridized carbons (Fsp3) is 0.238. The first-order valence-electron chi connectivity index (χ1n) is 9.79. The number of aromatic nitrogens is 2. The fourth-order valence-electron chi connectivity index (χ4n) is 3.35. The number of aliphatic hydroxyl groups is 1. The largest absolute Gasteiger partial charge is 0.435 e. The number of benzene rings is 2. The van der Waals surface area contributed by atoms with Crippen molar-refractivity contribution < 1.29 is 31.9 Å². The van der Waals surface area contributed by atoms with Gasteiger partial charge in [-0.2, -0.15) is 18.3 Å². The van der Waals surface area contributed by atoms with E-state index in [-0.39, 0.29) is 29.3 Å². The van der Waals surface area contributed by atoms with E-state index in [9.17, 15) is 31.9 Å². The third-order valence-corrected chi connectivity index (χ3v) is 4.96. The highest BCUT2D eigenvalue weighted by Crippen LogP contribution is 2.30. The number of anilines is 2. The molecule has 12 heteroatoms. The number of hydrogen-bond acceptors (Lipinski definition) is 4. The Morgan fingerprint density at radius 3 is 2.52 bits per heavy atom. The number of nitrogens with zero attached hydrogens (tertiary/aromatic N) is 3. The van der Waals surface area contributed by atoms with Gasteiger partial charge in [0.2, 0.25) is 0 Å². The molecule has 0 unspecified atom stereocenters. The zero-order valence-corrected chi connectivity index (χ0v) is 16.9. The van der Waals surface area contributed by atoms with Gasteiger partial charge in [-0.1, -0.05) is 6.07 Å². The molecule has 1 aliphatic heterocycles. The van der Waals surface area contributed by atoms with E-state index in [1.165, 1.54) is 24.3 Å². The van der Waals surface area contributed by atoms with Crippen LogP contribution in [0.1, 0.15) is 11.4 Å². The first-order valence-corrected chi connectivity index (χ1v) is 9.79. The minimum atomic E-state index is -4.73. The number of alkyl halides is 3. The number of aliphatic hydroxyl groups excluding tert-OH is 1. The van der Waals surface area contributed by atoms with Gasteiger partial charge >= 0.3 is 12.2 Å². The number of amides is 2. The first kappa shape index (κ1) is 22.5. The molecule has 1 saturated heterocycles. The summed E-state index contributed by atoms with van der Waals surface area (Å²) in [6, 6.07) is 8.81. The van der Waals surface area contributed by atoms with Crippen LogP contribution in [0.5, 0.6) is 0 Å². The molecule has 3 aromatic rings. The van der Waals surface area contributed by atoms with Crippen LogP contribution in [0.15, 0.2) is 48.5 Å². The molecule has 1 aliphatic rings. The second-order valence-electron chi connectivity index (χ2n) is 7.44. The number of urea groups is 1. The summed E-state index contributed by atoms with van der Waals surface area (Å²) in [4.78, 5) is 13.9. The van der Waals surface area contributed by atoms with Gasteiger partial charge in [-0.3, -0.25) is 0 Å². The summed E-state index contributed by atoms with van der Waals surface area (Å²) in [5.41, 5.74) is -0.774. The SMILES string of the molecule is O=C(NCc1cc(C(F)(F)F)nn1-c1cccc(F)c1)Nc1ccc(N2CC(O)C2)c(F)c1. The van der Waals surface area contributed by atoms with Crippen molar-refractivity contribution in [2.75, 3.05) is 23.3 Å². The summed E-state index contributed by atoms with van der Waals surface area (Å²) in [7, 11) is 0. The van der Waals surface area contributed by atoms with Crippen LogP contribution in [-0.4, -0.2) is 40.1 Å². The molecule has 0 bridgehead atoms. The van der Waals surface area contributed by atoms with Crippen LogP contribution in [0.4, 0.5) is 38.1 Å². The van der Waals surface area contributed by atoms with E-state index < -0.39 is 35.6 Å². The number of carbonyl (C=O) groups excluding carboxylic acids is 1. The van der Waals surface area contributed by atoms with Crippen molar-refractivity contribution in [3.8, 4) is 5.69 Å². The van der Waals surface area contributed by atoms with Crippen molar-refractivity contribution in [2.24, 2.45) is 0 Å². The molecule has 0 radical (unpaired) electrons. The van der Waals surface area contributed by atoms with Crippen LogP contribution in [0, 0.1) is 11.6 Å². The zero-order valence-electron chi connectivity index (χ0n) is 16.9. The fourth-order valence-corrected chi connectivity index (χ4v) is 3.35. The molecule has 174 valence electrons. The normalized spacial score (nSPS) is 14.2. The lowest BCUT2D eigenvalue weighted by Gasteiger charge is -2.38. The van der Waals surface area contributed by atoms with Gasteiger partial charge in [0.1, 0.15) is 11.6 Å². The maximum atomic E-state index is 14.3. The Balaban J connectivity index is 1.46. The molecule has 2 heterocycles. The van der Waals surface area contributed by atoms with Gasteiger partial charge in [0.15, 0.2) is 5.69 Å². The standard InChI is InChI=1S/C21H18F5N5O2/c22-12-2-1-3-14(6-12)31-15(8-19(29-31)21(24,25)26)9-27-20(33)28-13-4-5-18(17(23)7-13)30-10-16(32)11-30/h1-8,16,32H,9-11H2,(H2,27,28,33). The number of halogens is 5. The summed E-state index contributed by atoms with van der Waals surface area (Å²) >= 11 is 0. The van der Waals surface area contributed by atoms with Gasteiger partial charge in [0.25, 0.3) is 0 Å². The molecule has 7 nitrogen and oxygen atoms in total. The average Bonchev–Trinajstić information content (AvgIpc) is 3.15. The molecule has 3 N–H and O–H groups in total. The van der Waals surface area contributed by atoms with Crippen molar-refractivity contribution in [1.29, 1.82) is 0 Å². The van der Waals surface area contributed by atoms with Gasteiger partial charge in [-0.05, 0) is 42.5 Å². The molecular weight excluding hydrogens is 449 g/mol. The molecule has 0 saturated carbocycles. The van der Waals surface area contributed by atoms with E-state index >= 15 is 0 Å². The second-order valence-corrected chi connectivity index (χ2v) is 7.44. The average molecular weight is 467 g/mol. The summed E-state index contributed by atoms with van der Waals surface area (Å²) in [6.07, 6.45) is -5.24. The molecule has 4 rings (SSSR count). The van der Waals surface area contributed by atoms with Gasteiger partial charge in [0.05, 0.1) is 29.7 Å². The molecule has 0 atom stereocenters. The van der Waals surface area contributed by atoms with Crippen molar-refractivity contribution in [1.82, 2.24) is 15.1 Å². The van der Waals surface area contributed by atoms with Crippen LogP contribution in [0.2, 0.25) is 0 Å². The number of carbonyl (C=O) groups is 1. The van der Waals surface area contributed by atoms with Crippen molar-refractivity contribution in [3.63, 3.8) is 0 Å². The smallest absolute Gasteiger partial charge is 0.389 e. The van der Waals surface area contributed by atoms with Gasteiger partial charge in [-0.25, -0.2) is 18.3 Å². The van der Waals surface area contributed by atoms with Crippen molar-refractivity contribution in [3.05, 3.63) is 71.6 Å². The topological polar surface area (TPSA) is 82.4 Å². The molecule has 1 fully saturated rings. The third kappa shape index (κ3) is 5.06. The van der Waals surface area contributed by atoms with E-state index in [1.54, 1.807) is 4.90 Å². The van der Waals surface area contributed by atoms with E-state index in [0.717, 1.165) is 28.9 Å². The lowest BCUT2D eigenvalue weighted by atomic mass is 10.1. The van der Waals surface area contributed by atoms with Crippen LogP contribution in [0.25, 0.3) is 5.69 Å². The van der Waals surface area contributed by atoms with Crippen LogP contribution in [0.3, 0.4) is 0 Å². The molecule has 2 amide bonds. The number of hydrogen-bond donors (Lipinski definition) is 3. The summed E-state index contributed by atoms with van der Waals surface area (Å²) < 4.78 is 68.1. The predicted molar refractivity (Wildman–Crippen MR) is 109 cm³/mol. The molecule has 33 heavy (non-hydrogen) atoms. The monoisotopic (exact) mass is 467 g/mol. The molecule has 0 spiro atoms. The lowest BCUT2D eigenvalue weighted by molar-refractivity contribution is -0.141. The van der Waals surface area contributed by atoms with Gasteiger partial charge < -0.3 is 20.6 Å². The Morgan fingerprint density at radius 1 is 1.12 bits per heavy atom. The molecular formula is C21H18F5N5O2. The van der Waals surface area contributed by atoms with E-state index in [1.807, 2.05) is 0 Å². The highest BCUT2D eigenvalue weighted by Gasteiger charge is 2.35. The number of nitrogens with one attached hydrogen (secondary N) is 2.